The minimum atomic E-state index is -5.14. The van der Waals surface area contributed by atoms with Crippen molar-refractivity contribution in [1.29, 1.82) is 0 Å². The predicted octanol–water partition coefficient (Wildman–Crippen LogP) is 7.91. The van der Waals surface area contributed by atoms with Gasteiger partial charge in [-0.25, -0.2) is 8.78 Å². The summed E-state index contributed by atoms with van der Waals surface area (Å²) in [6, 6.07) is 1.91. The third-order valence-electron chi connectivity index (χ3n) is 6.64. The number of rotatable bonds is 4. The number of hydrogen-bond acceptors (Lipinski definition) is 1. The molecule has 0 radical (unpaired) electrons. The second kappa shape index (κ2) is 10.5. The van der Waals surface area contributed by atoms with Crippen molar-refractivity contribution in [3.8, 4) is 17.6 Å². The van der Waals surface area contributed by atoms with E-state index in [0.717, 1.165) is 30.9 Å². The lowest BCUT2D eigenvalue weighted by molar-refractivity contribution is -0.276. The molecule has 1 aromatic carbocycles. The van der Waals surface area contributed by atoms with Gasteiger partial charge in [-0.1, -0.05) is 31.3 Å². The molecule has 0 atom stereocenters. The molecule has 0 aliphatic heterocycles. The van der Waals surface area contributed by atoms with Crippen molar-refractivity contribution in [1.82, 2.24) is 0 Å². The van der Waals surface area contributed by atoms with Crippen LogP contribution in [0.5, 0.6) is 5.75 Å². The quantitative estimate of drug-likeness (QED) is 0.341. The number of hydrogen-bond donors (Lipinski definition) is 0. The molecular formula is C25H29F5O. The molecule has 0 aromatic heterocycles. The van der Waals surface area contributed by atoms with Crippen molar-refractivity contribution in [2.24, 2.45) is 17.8 Å². The Morgan fingerprint density at radius 3 is 2.13 bits per heavy atom. The van der Waals surface area contributed by atoms with Gasteiger partial charge in [0.15, 0.2) is 11.6 Å². The van der Waals surface area contributed by atoms with Gasteiger partial charge in [-0.2, -0.15) is 0 Å². The summed E-state index contributed by atoms with van der Waals surface area (Å²) in [7, 11) is 0. The highest BCUT2D eigenvalue weighted by Crippen LogP contribution is 2.38. The van der Waals surface area contributed by atoms with E-state index in [1.54, 1.807) is 0 Å². The van der Waals surface area contributed by atoms with Gasteiger partial charge in [0, 0.05) is 5.92 Å². The maximum Gasteiger partial charge on any atom is 0.573 e. The first-order valence-corrected chi connectivity index (χ1v) is 11.2. The Balaban J connectivity index is 1.50. The lowest BCUT2D eigenvalue weighted by Crippen LogP contribution is -2.19. The summed E-state index contributed by atoms with van der Waals surface area (Å²) >= 11 is 0. The summed E-state index contributed by atoms with van der Waals surface area (Å²) in [4.78, 5) is 0. The Labute approximate surface area is 181 Å². The van der Waals surface area contributed by atoms with Crippen LogP contribution in [0.15, 0.2) is 24.3 Å². The zero-order valence-electron chi connectivity index (χ0n) is 17.8. The Bertz CT molecular complexity index is 794. The summed E-state index contributed by atoms with van der Waals surface area (Å²) < 4.78 is 68.3. The molecule has 0 heterocycles. The van der Waals surface area contributed by atoms with E-state index in [2.05, 4.69) is 29.6 Å². The number of alkyl halides is 3. The van der Waals surface area contributed by atoms with Gasteiger partial charge in [0.25, 0.3) is 0 Å². The number of ether oxygens (including phenoxy) is 1. The van der Waals surface area contributed by atoms with Crippen LogP contribution in [0.25, 0.3) is 0 Å². The number of allylic oxidation sites excluding steroid dienone is 2. The molecule has 1 nitrogen and oxygen atoms in total. The van der Waals surface area contributed by atoms with E-state index in [-0.39, 0.29) is 11.8 Å². The van der Waals surface area contributed by atoms with Crippen LogP contribution in [0.3, 0.4) is 0 Å². The van der Waals surface area contributed by atoms with E-state index in [0.29, 0.717) is 24.3 Å². The van der Waals surface area contributed by atoms with E-state index in [9.17, 15) is 22.0 Å². The summed E-state index contributed by atoms with van der Waals surface area (Å²) in [6.07, 6.45) is 8.39. The molecule has 0 spiro atoms. The van der Waals surface area contributed by atoms with Crippen LogP contribution >= 0.6 is 0 Å². The molecule has 1 aromatic rings. The molecular weight excluding hydrogens is 411 g/mol. The van der Waals surface area contributed by atoms with Crippen molar-refractivity contribution in [3.63, 3.8) is 0 Å². The Morgan fingerprint density at radius 2 is 1.58 bits per heavy atom. The molecule has 2 aliphatic rings. The Hall–Kier alpha value is -2.03. The highest BCUT2D eigenvalue weighted by atomic mass is 19.4. The molecule has 0 bridgehead atoms. The molecule has 3 rings (SSSR count). The smallest absolute Gasteiger partial charge is 0.399 e. The summed E-state index contributed by atoms with van der Waals surface area (Å²) in [5.74, 6) is 4.03. The monoisotopic (exact) mass is 440 g/mol. The Morgan fingerprint density at radius 1 is 0.968 bits per heavy atom. The van der Waals surface area contributed by atoms with Crippen LogP contribution in [0.4, 0.5) is 22.0 Å². The molecule has 6 heteroatoms. The van der Waals surface area contributed by atoms with E-state index >= 15 is 0 Å². The van der Waals surface area contributed by atoms with Gasteiger partial charge >= 0.3 is 6.36 Å². The maximum absolute atomic E-state index is 14.0. The zero-order valence-corrected chi connectivity index (χ0v) is 17.8. The molecule has 31 heavy (non-hydrogen) atoms. The van der Waals surface area contributed by atoms with E-state index in [1.807, 2.05) is 6.08 Å². The zero-order chi connectivity index (χ0) is 22.4. The minimum Gasteiger partial charge on any atom is -0.399 e. The van der Waals surface area contributed by atoms with Crippen LogP contribution < -0.4 is 4.74 Å². The molecule has 2 aliphatic carbocycles. The van der Waals surface area contributed by atoms with E-state index < -0.39 is 23.7 Å². The maximum atomic E-state index is 14.0. The van der Waals surface area contributed by atoms with E-state index in [4.69, 9.17) is 0 Å². The largest absolute Gasteiger partial charge is 0.573 e. The molecule has 0 unspecified atom stereocenters. The SMILES string of the molecule is CC[C@H]1CC[C@H](C=CC#C[C@H]2CC[C@H](c3cc(F)c(OC(F)(F)F)c(F)c3)CC2)CC1. The van der Waals surface area contributed by atoms with Gasteiger partial charge in [0.2, 0.25) is 5.75 Å². The third kappa shape index (κ3) is 6.98. The van der Waals surface area contributed by atoms with Crippen LogP contribution in [-0.4, -0.2) is 6.36 Å². The fourth-order valence-corrected chi connectivity index (χ4v) is 4.74. The first kappa shape index (κ1) is 23.6. The molecule has 0 amide bonds. The molecule has 0 N–H and O–H groups in total. The second-order valence-electron chi connectivity index (χ2n) is 8.75. The topological polar surface area (TPSA) is 9.23 Å². The fourth-order valence-electron chi connectivity index (χ4n) is 4.74. The van der Waals surface area contributed by atoms with Crippen molar-refractivity contribution in [2.75, 3.05) is 0 Å². The third-order valence-corrected chi connectivity index (χ3v) is 6.64. The van der Waals surface area contributed by atoms with Crippen LogP contribution in [-0.2, 0) is 0 Å². The summed E-state index contributed by atoms with van der Waals surface area (Å²) in [5.41, 5.74) is 0.374. The second-order valence-corrected chi connectivity index (χ2v) is 8.75. The first-order valence-electron chi connectivity index (χ1n) is 11.2. The summed E-state index contributed by atoms with van der Waals surface area (Å²) in [6.45, 7) is 2.26. The van der Waals surface area contributed by atoms with Crippen LogP contribution in [0, 0.1) is 41.2 Å². The number of benzene rings is 1. The summed E-state index contributed by atoms with van der Waals surface area (Å²) in [5, 5.41) is 0. The van der Waals surface area contributed by atoms with Gasteiger partial charge in [-0.05, 0) is 92.9 Å². The van der Waals surface area contributed by atoms with Gasteiger partial charge in [0.1, 0.15) is 0 Å². The van der Waals surface area contributed by atoms with Crippen molar-refractivity contribution >= 4 is 0 Å². The molecule has 2 saturated carbocycles. The predicted molar refractivity (Wildman–Crippen MR) is 110 cm³/mol. The average molecular weight is 440 g/mol. The lowest BCUT2D eigenvalue weighted by atomic mass is 9.79. The van der Waals surface area contributed by atoms with Gasteiger partial charge < -0.3 is 4.74 Å². The Kier molecular flexibility index (Phi) is 8.02. The highest BCUT2D eigenvalue weighted by molar-refractivity contribution is 5.33. The minimum absolute atomic E-state index is 0.0914. The van der Waals surface area contributed by atoms with Crippen molar-refractivity contribution in [3.05, 3.63) is 41.5 Å². The number of halogens is 5. The van der Waals surface area contributed by atoms with Crippen molar-refractivity contribution in [2.45, 2.75) is 77.0 Å². The van der Waals surface area contributed by atoms with Gasteiger partial charge in [-0.15, -0.1) is 13.2 Å². The van der Waals surface area contributed by atoms with Gasteiger partial charge in [0.05, 0.1) is 0 Å². The molecule has 2 fully saturated rings. The van der Waals surface area contributed by atoms with E-state index in [1.165, 1.54) is 32.1 Å². The highest BCUT2D eigenvalue weighted by Gasteiger charge is 2.34. The molecule has 170 valence electrons. The lowest BCUT2D eigenvalue weighted by Gasteiger charge is -2.26. The first-order chi connectivity index (χ1) is 14.7. The fraction of sp³-hybridized carbons (Fsp3) is 0.600. The molecule has 0 saturated heterocycles. The normalized spacial score (nSPS) is 27.0. The average Bonchev–Trinajstić information content (AvgIpc) is 2.74. The van der Waals surface area contributed by atoms with Crippen molar-refractivity contribution < 1.29 is 26.7 Å². The van der Waals surface area contributed by atoms with Crippen LogP contribution in [0.2, 0.25) is 0 Å². The standard InChI is InChI=1S/C25H29F5O/c1-2-17-7-9-18(10-8-17)5-3-4-6-19-11-13-20(14-12-19)21-15-22(26)24(23(27)16-21)31-25(28,29)30/h3,5,15-20H,2,7-14H2,1H3/t17-,18-,19-,20-. The van der Waals surface area contributed by atoms with Gasteiger partial charge in [-0.3, -0.25) is 0 Å². The van der Waals surface area contributed by atoms with Crippen LogP contribution in [0.1, 0.15) is 76.2 Å².